The molecule has 0 bridgehead atoms. The van der Waals surface area contributed by atoms with E-state index in [4.69, 9.17) is 4.42 Å². The molecule has 7 heteroatoms. The van der Waals surface area contributed by atoms with E-state index in [1.54, 1.807) is 28.2 Å². The summed E-state index contributed by atoms with van der Waals surface area (Å²) < 4.78 is 7.08. The van der Waals surface area contributed by atoms with Crippen LogP contribution in [0.5, 0.6) is 0 Å². The van der Waals surface area contributed by atoms with Crippen molar-refractivity contribution in [1.82, 2.24) is 14.6 Å². The number of imidazole rings is 1. The number of thiophene rings is 1. The monoisotopic (exact) mass is 317 g/mol. The molecule has 0 spiro atoms. The summed E-state index contributed by atoms with van der Waals surface area (Å²) in [5.74, 6) is 0.650. The van der Waals surface area contributed by atoms with E-state index in [2.05, 4.69) is 21.5 Å². The van der Waals surface area contributed by atoms with Gasteiger partial charge in [-0.05, 0) is 23.6 Å². The average molecular weight is 317 g/mol. The van der Waals surface area contributed by atoms with Crippen molar-refractivity contribution in [2.45, 2.75) is 13.0 Å². The van der Waals surface area contributed by atoms with Crippen molar-refractivity contribution in [3.63, 3.8) is 0 Å². The lowest BCUT2D eigenvalue weighted by molar-refractivity contribution is 0.274. The summed E-state index contributed by atoms with van der Waals surface area (Å²) in [5.41, 5.74) is 1.32. The van der Waals surface area contributed by atoms with Crippen LogP contribution >= 0.6 is 22.7 Å². The topological polar surface area (TPSA) is 63.6 Å². The summed E-state index contributed by atoms with van der Waals surface area (Å²) in [6.45, 7) is -0.126. The second kappa shape index (κ2) is 5.10. The molecule has 4 rings (SSSR count). The second-order valence-corrected chi connectivity index (χ2v) is 6.56. The molecule has 0 unspecified atom stereocenters. The van der Waals surface area contributed by atoms with E-state index in [-0.39, 0.29) is 6.61 Å². The molecule has 4 heterocycles. The summed E-state index contributed by atoms with van der Waals surface area (Å²) in [7, 11) is 0. The van der Waals surface area contributed by atoms with Gasteiger partial charge in [0.1, 0.15) is 16.4 Å². The van der Waals surface area contributed by atoms with Crippen LogP contribution < -0.4 is 0 Å². The first kappa shape index (κ1) is 12.8. The minimum absolute atomic E-state index is 0.126. The first-order chi connectivity index (χ1) is 10.3. The van der Waals surface area contributed by atoms with Gasteiger partial charge in [-0.25, -0.2) is 9.50 Å². The highest BCUT2D eigenvalue weighted by Gasteiger charge is 2.19. The Balaban J connectivity index is 1.77. The van der Waals surface area contributed by atoms with Crippen LogP contribution in [0.3, 0.4) is 0 Å². The van der Waals surface area contributed by atoms with Crippen molar-refractivity contribution in [1.29, 1.82) is 0 Å². The zero-order valence-electron chi connectivity index (χ0n) is 10.9. The number of furan rings is 1. The third-order valence-electron chi connectivity index (χ3n) is 3.15. The molecular weight excluding hydrogens is 306 g/mol. The van der Waals surface area contributed by atoms with Gasteiger partial charge in [0.15, 0.2) is 5.76 Å². The Bertz CT molecular complexity index is 860. The number of aromatic nitrogens is 3. The van der Waals surface area contributed by atoms with Crippen LogP contribution in [-0.4, -0.2) is 19.7 Å². The van der Waals surface area contributed by atoms with E-state index in [0.717, 1.165) is 16.4 Å². The van der Waals surface area contributed by atoms with Crippen LogP contribution in [0.2, 0.25) is 0 Å². The molecule has 0 saturated carbocycles. The zero-order valence-corrected chi connectivity index (χ0v) is 12.5. The van der Waals surface area contributed by atoms with E-state index in [1.165, 1.54) is 16.2 Å². The third kappa shape index (κ3) is 2.19. The molecule has 5 nitrogen and oxygen atoms in total. The number of aliphatic hydroxyl groups excluding tert-OH is 1. The molecule has 0 fully saturated rings. The Morgan fingerprint density at radius 3 is 2.95 bits per heavy atom. The normalized spacial score (nSPS) is 11.5. The summed E-state index contributed by atoms with van der Waals surface area (Å²) in [6.07, 6.45) is 2.40. The minimum atomic E-state index is -0.126. The van der Waals surface area contributed by atoms with Crippen molar-refractivity contribution in [3.05, 3.63) is 51.5 Å². The Kier molecular flexibility index (Phi) is 3.10. The van der Waals surface area contributed by atoms with Crippen LogP contribution in [0.1, 0.15) is 15.6 Å². The standard InChI is InChI=1S/C14H11N3O2S2/c18-8-10-13(11-4-1-5-19-11)15-14-17(10)16-12(21-14)7-9-3-2-6-20-9/h1-6,18H,7-8H2. The molecule has 106 valence electrons. The maximum Gasteiger partial charge on any atom is 0.213 e. The molecular formula is C14H11N3O2S2. The van der Waals surface area contributed by atoms with Crippen LogP contribution in [0, 0.1) is 0 Å². The number of fused-ring (bicyclic) bond motifs is 1. The van der Waals surface area contributed by atoms with E-state index < -0.39 is 0 Å². The van der Waals surface area contributed by atoms with E-state index >= 15 is 0 Å². The molecule has 0 saturated heterocycles. The Labute approximate surface area is 128 Å². The summed E-state index contributed by atoms with van der Waals surface area (Å²) in [6, 6.07) is 7.76. The smallest absolute Gasteiger partial charge is 0.213 e. The molecule has 0 aliphatic rings. The van der Waals surface area contributed by atoms with Crippen LogP contribution in [0.15, 0.2) is 40.3 Å². The highest BCUT2D eigenvalue weighted by atomic mass is 32.1. The summed E-state index contributed by atoms with van der Waals surface area (Å²) >= 11 is 3.25. The lowest BCUT2D eigenvalue weighted by Gasteiger charge is -1.96. The van der Waals surface area contributed by atoms with Gasteiger partial charge in [-0.3, -0.25) is 0 Å². The van der Waals surface area contributed by atoms with Crippen molar-refractivity contribution in [2.75, 3.05) is 0 Å². The van der Waals surface area contributed by atoms with Crippen molar-refractivity contribution in [3.8, 4) is 11.5 Å². The van der Waals surface area contributed by atoms with Gasteiger partial charge >= 0.3 is 0 Å². The minimum Gasteiger partial charge on any atom is -0.463 e. The van der Waals surface area contributed by atoms with Gasteiger partial charge in [-0.15, -0.1) is 11.3 Å². The maximum atomic E-state index is 9.63. The highest BCUT2D eigenvalue weighted by molar-refractivity contribution is 7.17. The Morgan fingerprint density at radius 1 is 1.29 bits per heavy atom. The van der Waals surface area contributed by atoms with Gasteiger partial charge in [-0.1, -0.05) is 17.4 Å². The molecule has 0 aliphatic heterocycles. The molecule has 0 aromatic carbocycles. The molecule has 0 radical (unpaired) electrons. The van der Waals surface area contributed by atoms with Gasteiger partial charge in [0.25, 0.3) is 0 Å². The first-order valence-electron chi connectivity index (χ1n) is 6.39. The Hall–Kier alpha value is -1.96. The first-order valence-corrected chi connectivity index (χ1v) is 8.09. The van der Waals surface area contributed by atoms with Gasteiger partial charge < -0.3 is 9.52 Å². The fourth-order valence-corrected chi connectivity index (χ4v) is 3.95. The maximum absolute atomic E-state index is 9.63. The SMILES string of the molecule is OCc1c(-c2ccco2)nc2sc(Cc3cccs3)nn12. The lowest BCUT2D eigenvalue weighted by Crippen LogP contribution is -1.96. The van der Waals surface area contributed by atoms with Crippen molar-refractivity contribution >= 4 is 27.6 Å². The van der Waals surface area contributed by atoms with Gasteiger partial charge in [-0.2, -0.15) is 5.10 Å². The van der Waals surface area contributed by atoms with Crippen LogP contribution in [-0.2, 0) is 13.0 Å². The quantitative estimate of drug-likeness (QED) is 0.628. The van der Waals surface area contributed by atoms with Gasteiger partial charge in [0.2, 0.25) is 4.96 Å². The third-order valence-corrected chi connectivity index (χ3v) is 4.93. The number of aliphatic hydroxyl groups is 1. The highest BCUT2D eigenvalue weighted by Crippen LogP contribution is 2.28. The predicted molar refractivity (Wildman–Crippen MR) is 81.6 cm³/mol. The second-order valence-electron chi connectivity index (χ2n) is 4.49. The van der Waals surface area contributed by atoms with Crippen molar-refractivity contribution in [2.24, 2.45) is 0 Å². The Morgan fingerprint density at radius 2 is 2.24 bits per heavy atom. The summed E-state index contributed by atoms with van der Waals surface area (Å²) in [5, 5.41) is 17.2. The van der Waals surface area contributed by atoms with Gasteiger partial charge in [0, 0.05) is 11.3 Å². The predicted octanol–water partition coefficient (Wildman–Crippen LogP) is 3.20. The fraction of sp³-hybridized carbons (Fsp3) is 0.143. The number of rotatable bonds is 4. The largest absolute Gasteiger partial charge is 0.463 e. The van der Waals surface area contributed by atoms with Gasteiger partial charge in [0.05, 0.1) is 12.9 Å². The molecule has 0 amide bonds. The van der Waals surface area contributed by atoms with E-state index in [9.17, 15) is 5.11 Å². The lowest BCUT2D eigenvalue weighted by atomic mass is 10.3. The molecule has 4 aromatic rings. The van der Waals surface area contributed by atoms with Crippen LogP contribution in [0.25, 0.3) is 16.4 Å². The number of hydrogen-bond acceptors (Lipinski definition) is 6. The molecule has 0 atom stereocenters. The molecule has 1 N–H and O–H groups in total. The number of hydrogen-bond donors (Lipinski definition) is 1. The molecule has 4 aromatic heterocycles. The molecule has 0 aliphatic carbocycles. The van der Waals surface area contributed by atoms with Crippen molar-refractivity contribution < 1.29 is 9.52 Å². The number of nitrogens with zero attached hydrogens (tertiary/aromatic N) is 3. The fourth-order valence-electron chi connectivity index (χ4n) is 2.22. The van der Waals surface area contributed by atoms with Crippen LogP contribution in [0.4, 0.5) is 0 Å². The van der Waals surface area contributed by atoms with E-state index in [1.807, 2.05) is 12.1 Å². The summed E-state index contributed by atoms with van der Waals surface area (Å²) in [4.78, 5) is 6.59. The average Bonchev–Trinajstić information content (AvgIpc) is 3.23. The molecule has 21 heavy (non-hydrogen) atoms. The zero-order chi connectivity index (χ0) is 14.2. The van der Waals surface area contributed by atoms with E-state index in [0.29, 0.717) is 17.1 Å².